The number of methoxy groups -OCH3 is 1. The van der Waals surface area contributed by atoms with Crippen molar-refractivity contribution in [3.05, 3.63) is 65.4 Å². The second-order valence-corrected chi connectivity index (χ2v) is 7.58. The minimum atomic E-state index is -0.871. The maximum Gasteiger partial charge on any atom is 0.311 e. The third kappa shape index (κ3) is 4.17. The fourth-order valence-electron chi connectivity index (χ4n) is 3.97. The lowest BCUT2D eigenvalue weighted by atomic mass is 9.87. The topological polar surface area (TPSA) is 77.8 Å². The van der Waals surface area contributed by atoms with Crippen molar-refractivity contribution < 1.29 is 23.5 Å². The summed E-state index contributed by atoms with van der Waals surface area (Å²) in [6.07, 6.45) is 3.63. The van der Waals surface area contributed by atoms with Gasteiger partial charge >= 0.3 is 5.97 Å². The van der Waals surface area contributed by atoms with Gasteiger partial charge in [-0.1, -0.05) is 24.3 Å². The molecule has 0 saturated heterocycles. The highest BCUT2D eigenvalue weighted by Gasteiger charge is 2.25. The molecule has 1 aromatic heterocycles. The molecule has 0 radical (unpaired) electrons. The standard InChI is InChI=1S/C24H25NO5/c1-15(24(27)25-21-9-5-7-16-6-3-4-8-19(16)21)30-23(26)12-17-14-29-22-13-18(28-2)10-11-20(17)22/h3-4,6,8,10-11,13-15,21H,5,7,9,12H2,1-2H3,(H,25,27)/t15-,21+/m1/s1. The van der Waals surface area contributed by atoms with Crippen molar-refractivity contribution in [2.75, 3.05) is 7.11 Å². The molecule has 0 spiro atoms. The van der Waals surface area contributed by atoms with Crippen LogP contribution in [0.5, 0.6) is 5.75 Å². The van der Waals surface area contributed by atoms with Crippen molar-refractivity contribution in [2.24, 2.45) is 0 Å². The van der Waals surface area contributed by atoms with E-state index in [9.17, 15) is 9.59 Å². The molecule has 1 aliphatic rings. The van der Waals surface area contributed by atoms with Crippen LogP contribution in [0.25, 0.3) is 11.0 Å². The molecule has 6 heteroatoms. The predicted octanol–water partition coefficient (Wildman–Crippen LogP) is 4.11. The van der Waals surface area contributed by atoms with Crippen LogP contribution in [0.2, 0.25) is 0 Å². The molecule has 3 aromatic rings. The highest BCUT2D eigenvalue weighted by molar-refractivity contribution is 5.88. The number of nitrogens with one attached hydrogen (secondary N) is 1. The summed E-state index contributed by atoms with van der Waals surface area (Å²) in [5.41, 5.74) is 3.77. The van der Waals surface area contributed by atoms with Gasteiger partial charge in [0.1, 0.15) is 11.3 Å². The Kier molecular flexibility index (Phi) is 5.74. The van der Waals surface area contributed by atoms with Gasteiger partial charge in [0, 0.05) is 17.0 Å². The molecule has 0 aliphatic heterocycles. The Morgan fingerprint density at radius 3 is 2.90 bits per heavy atom. The first kappa shape index (κ1) is 20.0. The van der Waals surface area contributed by atoms with E-state index in [-0.39, 0.29) is 18.4 Å². The largest absolute Gasteiger partial charge is 0.497 e. The van der Waals surface area contributed by atoms with Crippen molar-refractivity contribution in [3.63, 3.8) is 0 Å². The number of carbonyl (C=O) groups excluding carboxylic acids is 2. The molecular formula is C24H25NO5. The molecule has 4 rings (SSSR count). The Labute approximate surface area is 175 Å². The third-order valence-electron chi connectivity index (χ3n) is 5.56. The number of furan rings is 1. The van der Waals surface area contributed by atoms with Gasteiger partial charge in [-0.15, -0.1) is 0 Å². The fourth-order valence-corrected chi connectivity index (χ4v) is 3.97. The zero-order chi connectivity index (χ0) is 21.1. The maximum absolute atomic E-state index is 12.6. The van der Waals surface area contributed by atoms with Gasteiger partial charge in [-0.3, -0.25) is 9.59 Å². The lowest BCUT2D eigenvalue weighted by Crippen LogP contribution is -2.39. The summed E-state index contributed by atoms with van der Waals surface area (Å²) in [7, 11) is 1.58. The van der Waals surface area contributed by atoms with Crippen molar-refractivity contribution >= 4 is 22.8 Å². The number of ether oxygens (including phenoxy) is 2. The quantitative estimate of drug-likeness (QED) is 0.622. The minimum absolute atomic E-state index is 0.0310. The Hall–Kier alpha value is -3.28. The van der Waals surface area contributed by atoms with Crippen LogP contribution in [0, 0.1) is 0 Å². The molecule has 30 heavy (non-hydrogen) atoms. The van der Waals surface area contributed by atoms with Crippen molar-refractivity contribution in [2.45, 2.75) is 44.8 Å². The lowest BCUT2D eigenvalue weighted by molar-refractivity contribution is -0.154. The molecule has 0 bridgehead atoms. The van der Waals surface area contributed by atoms with Gasteiger partial charge in [0.2, 0.25) is 0 Å². The van der Waals surface area contributed by atoms with E-state index in [2.05, 4.69) is 17.4 Å². The van der Waals surface area contributed by atoms with Crippen molar-refractivity contribution in [1.29, 1.82) is 0 Å². The van der Waals surface area contributed by atoms with E-state index in [1.165, 1.54) is 11.8 Å². The van der Waals surface area contributed by atoms with E-state index < -0.39 is 12.1 Å². The fraction of sp³-hybridized carbons (Fsp3) is 0.333. The summed E-state index contributed by atoms with van der Waals surface area (Å²) in [4.78, 5) is 25.0. The molecule has 2 atom stereocenters. The van der Waals surface area contributed by atoms with Gasteiger partial charge < -0.3 is 19.2 Å². The van der Waals surface area contributed by atoms with Gasteiger partial charge in [0.25, 0.3) is 5.91 Å². The average molecular weight is 407 g/mol. The molecule has 6 nitrogen and oxygen atoms in total. The van der Waals surface area contributed by atoms with E-state index >= 15 is 0 Å². The number of fused-ring (bicyclic) bond motifs is 2. The number of esters is 1. The van der Waals surface area contributed by atoms with Crippen molar-refractivity contribution in [1.82, 2.24) is 5.32 Å². The Morgan fingerprint density at radius 1 is 1.23 bits per heavy atom. The molecule has 1 heterocycles. The number of carbonyl (C=O) groups is 2. The maximum atomic E-state index is 12.6. The van der Waals surface area contributed by atoms with E-state index in [4.69, 9.17) is 13.9 Å². The van der Waals surface area contributed by atoms with E-state index in [1.54, 1.807) is 20.1 Å². The van der Waals surface area contributed by atoms with Gasteiger partial charge in [-0.25, -0.2) is 0 Å². The Bertz CT molecular complexity index is 1070. The minimum Gasteiger partial charge on any atom is -0.497 e. The SMILES string of the molecule is COc1ccc2c(CC(=O)O[C@H](C)C(=O)N[C@H]3CCCc4ccccc43)coc2c1. The van der Waals surface area contributed by atoms with Gasteiger partial charge in [0.15, 0.2) is 6.10 Å². The molecule has 0 unspecified atom stereocenters. The van der Waals surface area contributed by atoms with Crippen LogP contribution in [0.1, 0.15) is 42.5 Å². The summed E-state index contributed by atoms with van der Waals surface area (Å²) < 4.78 is 16.1. The van der Waals surface area contributed by atoms with Gasteiger partial charge in [-0.2, -0.15) is 0 Å². The zero-order valence-electron chi connectivity index (χ0n) is 17.1. The zero-order valence-corrected chi connectivity index (χ0v) is 17.1. The number of hydrogen-bond donors (Lipinski definition) is 1. The van der Waals surface area contributed by atoms with Crippen LogP contribution < -0.4 is 10.1 Å². The summed E-state index contributed by atoms with van der Waals surface area (Å²) >= 11 is 0. The van der Waals surface area contributed by atoms with E-state index in [0.717, 1.165) is 30.2 Å². The first-order valence-electron chi connectivity index (χ1n) is 10.2. The van der Waals surface area contributed by atoms with E-state index in [1.807, 2.05) is 24.3 Å². The summed E-state index contributed by atoms with van der Waals surface area (Å²) in [6.45, 7) is 1.60. The first-order chi connectivity index (χ1) is 14.5. The molecule has 1 amide bonds. The molecular weight excluding hydrogens is 382 g/mol. The number of benzene rings is 2. The van der Waals surface area contributed by atoms with Gasteiger partial charge in [0.05, 0.1) is 25.8 Å². The van der Waals surface area contributed by atoms with Crippen LogP contribution >= 0.6 is 0 Å². The molecule has 1 N–H and O–H groups in total. The normalized spacial score (nSPS) is 16.5. The monoisotopic (exact) mass is 407 g/mol. The smallest absolute Gasteiger partial charge is 0.311 e. The van der Waals surface area contributed by atoms with Crippen molar-refractivity contribution in [3.8, 4) is 5.75 Å². The predicted molar refractivity (Wildman–Crippen MR) is 112 cm³/mol. The van der Waals surface area contributed by atoms with Crippen LogP contribution in [-0.2, 0) is 27.2 Å². The van der Waals surface area contributed by atoms with Crippen LogP contribution in [0.3, 0.4) is 0 Å². The molecule has 1 aliphatic carbocycles. The number of aryl methyl sites for hydroxylation is 1. The summed E-state index contributed by atoms with van der Waals surface area (Å²) in [5.74, 6) is -0.0763. The molecule has 0 fully saturated rings. The third-order valence-corrected chi connectivity index (χ3v) is 5.56. The van der Waals surface area contributed by atoms with Crippen LogP contribution in [-0.4, -0.2) is 25.1 Å². The number of hydrogen-bond acceptors (Lipinski definition) is 5. The Morgan fingerprint density at radius 2 is 2.07 bits per heavy atom. The average Bonchev–Trinajstić information content (AvgIpc) is 3.15. The highest BCUT2D eigenvalue weighted by atomic mass is 16.5. The first-order valence-corrected chi connectivity index (χ1v) is 10.2. The second-order valence-electron chi connectivity index (χ2n) is 7.58. The highest BCUT2D eigenvalue weighted by Crippen LogP contribution is 2.29. The van der Waals surface area contributed by atoms with E-state index in [0.29, 0.717) is 16.9 Å². The number of rotatable bonds is 6. The Balaban J connectivity index is 1.36. The molecule has 2 aromatic carbocycles. The summed E-state index contributed by atoms with van der Waals surface area (Å²) in [5, 5.41) is 3.86. The molecule has 0 saturated carbocycles. The second kappa shape index (κ2) is 8.61. The van der Waals surface area contributed by atoms with Crippen LogP contribution in [0.4, 0.5) is 0 Å². The summed E-state index contributed by atoms with van der Waals surface area (Å²) in [6, 6.07) is 13.5. The lowest BCUT2D eigenvalue weighted by Gasteiger charge is -2.27. The van der Waals surface area contributed by atoms with Gasteiger partial charge in [-0.05, 0) is 49.4 Å². The van der Waals surface area contributed by atoms with Crippen LogP contribution in [0.15, 0.2) is 53.1 Å². The molecule has 156 valence electrons. The number of amides is 1.